The van der Waals surface area contributed by atoms with E-state index in [0.29, 0.717) is 19.8 Å². The molecule has 134 valence electrons. The van der Waals surface area contributed by atoms with Gasteiger partial charge in [-0.1, -0.05) is 25.7 Å². The first-order valence-electron chi connectivity index (χ1n) is 7.92. The predicted molar refractivity (Wildman–Crippen MR) is 95.7 cm³/mol. The highest BCUT2D eigenvalue weighted by Crippen LogP contribution is 2.44. The molecular formula is C14H29BNO5PS. The molecule has 0 aliphatic carbocycles. The van der Waals surface area contributed by atoms with Crippen LogP contribution < -0.4 is 5.09 Å². The van der Waals surface area contributed by atoms with Gasteiger partial charge in [-0.3, -0.25) is 5.09 Å². The molecule has 1 aliphatic heterocycles. The van der Waals surface area contributed by atoms with Crippen molar-refractivity contribution >= 4 is 26.1 Å². The Bertz CT molecular complexity index is 401. The van der Waals surface area contributed by atoms with Crippen molar-refractivity contribution in [2.24, 2.45) is 0 Å². The molecule has 2 radical (unpaired) electrons. The molecule has 0 spiro atoms. The smallest absolute Gasteiger partial charge is 0.129 e. The molecule has 1 saturated heterocycles. The number of hydrogen-bond donors (Lipinski definition) is 2. The summed E-state index contributed by atoms with van der Waals surface area (Å²) >= 11 is 5.36. The van der Waals surface area contributed by atoms with Gasteiger partial charge in [-0.2, -0.15) is 0 Å². The number of methoxy groups -OCH3 is 1. The molecule has 23 heavy (non-hydrogen) atoms. The third-order valence-electron chi connectivity index (χ3n) is 3.64. The second-order valence-electron chi connectivity index (χ2n) is 6.22. The van der Waals surface area contributed by atoms with Crippen LogP contribution in [0.1, 0.15) is 27.7 Å². The van der Waals surface area contributed by atoms with Gasteiger partial charge in [0, 0.05) is 18.8 Å². The van der Waals surface area contributed by atoms with E-state index in [0.717, 1.165) is 0 Å². The fraction of sp³-hybridized carbons (Fsp3) is 1.00. The molecule has 0 aromatic heterocycles. The Labute approximate surface area is 146 Å². The molecule has 0 aromatic rings. The number of hydrogen-bond acceptors (Lipinski definition) is 5. The minimum absolute atomic E-state index is 0.0550. The Kier molecular flexibility index (Phi) is 9.19. The van der Waals surface area contributed by atoms with Gasteiger partial charge >= 0.3 is 0 Å². The van der Waals surface area contributed by atoms with Crippen molar-refractivity contribution in [1.29, 1.82) is 0 Å². The van der Waals surface area contributed by atoms with Gasteiger partial charge in [0.1, 0.15) is 14.3 Å². The largest absolute Gasteiger partial charge is 0.382 e. The zero-order chi connectivity index (χ0) is 17.6. The Morgan fingerprint density at radius 2 is 1.96 bits per heavy atom. The van der Waals surface area contributed by atoms with Gasteiger partial charge in [-0.05, 0) is 13.8 Å². The van der Waals surface area contributed by atoms with Crippen molar-refractivity contribution in [3.8, 4) is 0 Å². The van der Waals surface area contributed by atoms with E-state index in [9.17, 15) is 4.89 Å². The lowest BCUT2D eigenvalue weighted by Gasteiger charge is -2.31. The highest BCUT2D eigenvalue weighted by Gasteiger charge is 2.45. The molecule has 1 fully saturated rings. The molecule has 0 bridgehead atoms. The van der Waals surface area contributed by atoms with Crippen LogP contribution in [0.25, 0.3) is 0 Å². The first kappa shape index (κ1) is 21.5. The molecule has 9 heteroatoms. The Morgan fingerprint density at radius 1 is 1.30 bits per heavy atom. The summed E-state index contributed by atoms with van der Waals surface area (Å²) in [4.78, 5) is 10.5. The van der Waals surface area contributed by atoms with Crippen LogP contribution >= 0.6 is 6.42 Å². The van der Waals surface area contributed by atoms with Gasteiger partial charge in [-0.25, -0.2) is 0 Å². The summed E-state index contributed by atoms with van der Waals surface area (Å²) in [5.74, 6) is 0. The van der Waals surface area contributed by atoms with Crippen molar-refractivity contribution in [3.63, 3.8) is 0 Å². The molecule has 5 atom stereocenters. The molecule has 1 heterocycles. The van der Waals surface area contributed by atoms with Gasteiger partial charge in [0.15, 0.2) is 0 Å². The second-order valence-corrected chi connectivity index (χ2v) is 10.4. The van der Waals surface area contributed by atoms with E-state index in [2.05, 4.69) is 5.09 Å². The summed E-state index contributed by atoms with van der Waals surface area (Å²) < 4.78 is 22.2. The molecule has 2 N–H and O–H groups in total. The first-order chi connectivity index (χ1) is 10.7. The maximum Gasteiger partial charge on any atom is 0.129 e. The molecule has 0 saturated carbocycles. The maximum atomic E-state index is 10.5. The van der Waals surface area contributed by atoms with Crippen LogP contribution in [-0.2, 0) is 30.8 Å². The lowest BCUT2D eigenvalue weighted by molar-refractivity contribution is -0.0273. The fourth-order valence-electron chi connectivity index (χ4n) is 2.20. The lowest BCUT2D eigenvalue weighted by atomic mass is 9.92. The molecule has 0 amide bonds. The standard InChI is InChI=1S/C14H29BNO5PS/c1-9(2)20-8-11-12(16-22(17,23)10(3)4)13(14(15)21-11)19-7-6-18-5/h9-14H,6-8H2,1-5H3,(H2,16,17,23). The van der Waals surface area contributed by atoms with Crippen LogP contribution in [0.5, 0.6) is 0 Å². The van der Waals surface area contributed by atoms with Gasteiger partial charge in [0.05, 0.1) is 44.2 Å². The average molecular weight is 365 g/mol. The van der Waals surface area contributed by atoms with E-state index in [1.807, 2.05) is 27.7 Å². The maximum absolute atomic E-state index is 10.5. The second kappa shape index (κ2) is 9.83. The molecule has 1 aliphatic rings. The molecule has 1 rings (SSSR count). The zero-order valence-electron chi connectivity index (χ0n) is 14.6. The van der Waals surface area contributed by atoms with Gasteiger partial charge in [0.25, 0.3) is 0 Å². The summed E-state index contributed by atoms with van der Waals surface area (Å²) in [6.07, 6.45) is -3.39. The highest BCUT2D eigenvalue weighted by atomic mass is 32.4. The average Bonchev–Trinajstić information content (AvgIpc) is 2.73. The van der Waals surface area contributed by atoms with Gasteiger partial charge in [-0.15, -0.1) is 0 Å². The first-order valence-corrected chi connectivity index (χ1v) is 10.7. The third-order valence-corrected chi connectivity index (χ3v) is 7.28. The van der Waals surface area contributed by atoms with Crippen LogP contribution in [0.4, 0.5) is 0 Å². The van der Waals surface area contributed by atoms with Crippen molar-refractivity contribution in [2.45, 2.75) is 63.7 Å². The third kappa shape index (κ3) is 6.71. The van der Waals surface area contributed by atoms with Gasteiger partial charge < -0.3 is 23.8 Å². The van der Waals surface area contributed by atoms with E-state index in [1.165, 1.54) is 0 Å². The molecular weight excluding hydrogens is 336 g/mol. The van der Waals surface area contributed by atoms with Crippen LogP contribution in [0.15, 0.2) is 0 Å². The SMILES string of the molecule is [B]C1OC(COC(C)C)C(NP(O)(=S)C(C)C)C1OCCOC. The summed E-state index contributed by atoms with van der Waals surface area (Å²) in [6.45, 7) is 8.90. The number of ether oxygens (including phenoxy) is 4. The summed E-state index contributed by atoms with van der Waals surface area (Å²) in [5, 5.41) is 3.17. The van der Waals surface area contributed by atoms with E-state index in [4.69, 9.17) is 38.6 Å². The van der Waals surface area contributed by atoms with Crippen LogP contribution in [0.2, 0.25) is 0 Å². The quantitative estimate of drug-likeness (QED) is 0.340. The minimum atomic E-state index is -2.72. The number of rotatable bonds is 10. The predicted octanol–water partition coefficient (Wildman–Crippen LogP) is 1.00. The Hall–Kier alpha value is 0.475. The monoisotopic (exact) mass is 365 g/mol. The van der Waals surface area contributed by atoms with Gasteiger partial charge in [0.2, 0.25) is 0 Å². The normalized spacial score (nSPS) is 31.0. The van der Waals surface area contributed by atoms with Crippen molar-refractivity contribution in [3.05, 3.63) is 0 Å². The van der Waals surface area contributed by atoms with Crippen LogP contribution in [0.3, 0.4) is 0 Å². The van der Waals surface area contributed by atoms with Crippen molar-refractivity contribution < 1.29 is 23.8 Å². The van der Waals surface area contributed by atoms with E-state index in [-0.39, 0.29) is 23.9 Å². The zero-order valence-corrected chi connectivity index (χ0v) is 16.3. The molecule has 6 nitrogen and oxygen atoms in total. The van der Waals surface area contributed by atoms with E-state index < -0.39 is 18.5 Å². The highest BCUT2D eigenvalue weighted by molar-refractivity contribution is 8.11. The van der Waals surface area contributed by atoms with E-state index in [1.54, 1.807) is 7.11 Å². The summed E-state index contributed by atoms with van der Waals surface area (Å²) in [5.41, 5.74) is -0.0550. The molecule has 0 aromatic carbocycles. The lowest BCUT2D eigenvalue weighted by Crippen LogP contribution is -2.47. The molecule has 5 unspecified atom stereocenters. The number of nitrogens with one attached hydrogen (secondary N) is 1. The minimum Gasteiger partial charge on any atom is -0.382 e. The Balaban J connectivity index is 2.82. The van der Waals surface area contributed by atoms with Crippen molar-refractivity contribution in [2.75, 3.05) is 26.9 Å². The summed E-state index contributed by atoms with van der Waals surface area (Å²) in [6, 6.07) is -0.925. The van der Waals surface area contributed by atoms with Crippen LogP contribution in [0, 0.1) is 0 Å². The van der Waals surface area contributed by atoms with Crippen LogP contribution in [-0.4, -0.2) is 75.7 Å². The Morgan fingerprint density at radius 3 is 2.48 bits per heavy atom. The fourth-order valence-corrected chi connectivity index (χ4v) is 3.60. The summed E-state index contributed by atoms with van der Waals surface area (Å²) in [7, 11) is 7.66. The van der Waals surface area contributed by atoms with Crippen molar-refractivity contribution in [1.82, 2.24) is 5.09 Å². The van der Waals surface area contributed by atoms with E-state index >= 15 is 0 Å². The topological polar surface area (TPSA) is 69.2 Å².